The molecular formula is C13H11NO3. The van der Waals surface area contributed by atoms with Crippen molar-refractivity contribution in [2.24, 2.45) is 0 Å². The van der Waals surface area contributed by atoms with E-state index in [0.29, 0.717) is 17.5 Å². The minimum atomic E-state index is -0.683. The molecule has 1 N–H and O–H groups in total. The van der Waals surface area contributed by atoms with Crippen molar-refractivity contribution in [1.82, 2.24) is 4.90 Å². The molecule has 0 fully saturated rings. The molecular weight excluding hydrogens is 218 g/mol. The monoisotopic (exact) mass is 229 g/mol. The van der Waals surface area contributed by atoms with Gasteiger partial charge < -0.3 is 5.11 Å². The number of aliphatic hydroxyl groups excluding tert-OH is 1. The number of imide groups is 1. The van der Waals surface area contributed by atoms with Crippen LogP contribution in [0, 0.1) is 0 Å². The second-order valence-electron chi connectivity index (χ2n) is 4.25. The second-order valence-corrected chi connectivity index (χ2v) is 4.25. The van der Waals surface area contributed by atoms with Crippen LogP contribution in [0.1, 0.15) is 27.1 Å². The van der Waals surface area contributed by atoms with Crippen LogP contribution in [-0.2, 0) is 0 Å². The smallest absolute Gasteiger partial charge is 0.262 e. The minimum Gasteiger partial charge on any atom is -0.390 e. The Morgan fingerprint density at radius 3 is 2.18 bits per heavy atom. The van der Waals surface area contributed by atoms with Crippen molar-refractivity contribution >= 4 is 11.8 Å². The standard InChI is InChI=1S/C13H11NO3/c15-11-7-3-6-10(11)14-12(16)8-4-1-2-5-9(8)13(14)17/h1-6,10-11,15H,7H2/t10-,11-/m0/s1. The van der Waals surface area contributed by atoms with Gasteiger partial charge in [0.1, 0.15) is 0 Å². The Labute approximate surface area is 98.2 Å². The molecule has 1 heterocycles. The van der Waals surface area contributed by atoms with Crippen LogP contribution < -0.4 is 0 Å². The van der Waals surface area contributed by atoms with Gasteiger partial charge in [-0.15, -0.1) is 0 Å². The predicted octanol–water partition coefficient (Wildman–Crippen LogP) is 0.972. The molecule has 0 unspecified atom stereocenters. The van der Waals surface area contributed by atoms with Gasteiger partial charge in [0.2, 0.25) is 0 Å². The van der Waals surface area contributed by atoms with E-state index in [-0.39, 0.29) is 11.8 Å². The lowest BCUT2D eigenvalue weighted by molar-refractivity contribution is 0.0463. The van der Waals surface area contributed by atoms with Crippen LogP contribution in [0.4, 0.5) is 0 Å². The number of carbonyl (C=O) groups is 2. The Morgan fingerprint density at radius 1 is 1.12 bits per heavy atom. The summed E-state index contributed by atoms with van der Waals surface area (Å²) < 4.78 is 0. The van der Waals surface area contributed by atoms with Crippen molar-refractivity contribution in [3.63, 3.8) is 0 Å². The number of aliphatic hydroxyl groups is 1. The number of benzene rings is 1. The highest BCUT2D eigenvalue weighted by atomic mass is 16.3. The number of nitrogens with zero attached hydrogens (tertiary/aromatic N) is 1. The Balaban J connectivity index is 2.03. The van der Waals surface area contributed by atoms with E-state index in [9.17, 15) is 14.7 Å². The molecule has 17 heavy (non-hydrogen) atoms. The molecule has 0 saturated heterocycles. The number of amides is 2. The fraction of sp³-hybridized carbons (Fsp3) is 0.231. The van der Waals surface area contributed by atoms with Crippen LogP contribution in [0.2, 0.25) is 0 Å². The summed E-state index contributed by atoms with van der Waals surface area (Å²) in [6, 6.07) is 6.21. The highest BCUT2D eigenvalue weighted by Gasteiger charge is 2.42. The van der Waals surface area contributed by atoms with E-state index in [1.807, 2.05) is 0 Å². The number of rotatable bonds is 1. The Bertz CT molecular complexity index is 500. The van der Waals surface area contributed by atoms with Crippen LogP contribution in [-0.4, -0.2) is 34.0 Å². The lowest BCUT2D eigenvalue weighted by atomic mass is 10.1. The van der Waals surface area contributed by atoms with Crippen LogP contribution in [0.25, 0.3) is 0 Å². The maximum absolute atomic E-state index is 12.1. The minimum absolute atomic E-state index is 0.318. The molecule has 1 aliphatic heterocycles. The summed E-state index contributed by atoms with van der Waals surface area (Å²) in [7, 11) is 0. The second kappa shape index (κ2) is 3.53. The molecule has 1 aliphatic carbocycles. The summed E-state index contributed by atoms with van der Waals surface area (Å²) in [5, 5.41) is 9.76. The summed E-state index contributed by atoms with van der Waals surface area (Å²) in [6.07, 6.45) is 3.31. The first kappa shape index (κ1) is 10.2. The van der Waals surface area contributed by atoms with Gasteiger partial charge in [0.15, 0.2) is 0 Å². The van der Waals surface area contributed by atoms with E-state index in [1.54, 1.807) is 36.4 Å². The highest BCUT2D eigenvalue weighted by Crippen LogP contribution is 2.28. The molecule has 1 aromatic rings. The summed E-state index contributed by atoms with van der Waals surface area (Å²) >= 11 is 0. The van der Waals surface area contributed by atoms with E-state index in [1.165, 1.54) is 0 Å². The van der Waals surface area contributed by atoms with Crippen molar-refractivity contribution in [3.8, 4) is 0 Å². The molecule has 1 aromatic carbocycles. The number of fused-ring (bicyclic) bond motifs is 1. The summed E-state index contributed by atoms with van der Waals surface area (Å²) in [4.78, 5) is 25.4. The van der Waals surface area contributed by atoms with Crippen molar-refractivity contribution < 1.29 is 14.7 Å². The first-order valence-electron chi connectivity index (χ1n) is 5.52. The quantitative estimate of drug-likeness (QED) is 0.576. The average molecular weight is 229 g/mol. The third-order valence-corrected chi connectivity index (χ3v) is 3.23. The Morgan fingerprint density at radius 2 is 1.71 bits per heavy atom. The molecule has 4 heteroatoms. The zero-order chi connectivity index (χ0) is 12.0. The van der Waals surface area contributed by atoms with Crippen LogP contribution in [0.3, 0.4) is 0 Å². The van der Waals surface area contributed by atoms with Crippen LogP contribution >= 0.6 is 0 Å². The van der Waals surface area contributed by atoms with Crippen molar-refractivity contribution in [3.05, 3.63) is 47.5 Å². The normalized spacial score (nSPS) is 26.8. The molecule has 2 amide bonds. The van der Waals surface area contributed by atoms with Crippen LogP contribution in [0.5, 0.6) is 0 Å². The molecule has 0 spiro atoms. The molecule has 4 nitrogen and oxygen atoms in total. The van der Waals surface area contributed by atoms with Gasteiger partial charge in [-0.2, -0.15) is 0 Å². The fourth-order valence-electron chi connectivity index (χ4n) is 2.36. The van der Waals surface area contributed by atoms with Gasteiger partial charge in [0, 0.05) is 0 Å². The summed E-state index contributed by atoms with van der Waals surface area (Å²) in [5.74, 6) is -0.637. The SMILES string of the molecule is O=C1c2ccccc2C(=O)N1[C@H]1C=CC[C@@H]1O. The Kier molecular flexibility index (Phi) is 2.12. The van der Waals surface area contributed by atoms with Gasteiger partial charge >= 0.3 is 0 Å². The summed E-state index contributed by atoms with van der Waals surface area (Å²) in [5.41, 5.74) is 0.843. The first-order valence-corrected chi connectivity index (χ1v) is 5.52. The van der Waals surface area contributed by atoms with Gasteiger partial charge in [-0.1, -0.05) is 24.3 Å². The Hall–Kier alpha value is -1.94. The average Bonchev–Trinajstić information content (AvgIpc) is 2.84. The molecule has 0 aromatic heterocycles. The maximum atomic E-state index is 12.1. The first-order chi connectivity index (χ1) is 8.20. The number of hydrogen-bond donors (Lipinski definition) is 1. The largest absolute Gasteiger partial charge is 0.390 e. The predicted molar refractivity (Wildman–Crippen MR) is 60.5 cm³/mol. The molecule has 3 rings (SSSR count). The highest BCUT2D eigenvalue weighted by molar-refractivity contribution is 6.21. The fourth-order valence-corrected chi connectivity index (χ4v) is 2.36. The van der Waals surface area contributed by atoms with E-state index in [4.69, 9.17) is 0 Å². The summed E-state index contributed by atoms with van der Waals surface area (Å²) in [6.45, 7) is 0. The van der Waals surface area contributed by atoms with Crippen LogP contribution in [0.15, 0.2) is 36.4 Å². The molecule has 0 bridgehead atoms. The molecule has 0 radical (unpaired) electrons. The number of carbonyl (C=O) groups excluding carboxylic acids is 2. The third kappa shape index (κ3) is 1.34. The molecule has 86 valence electrons. The third-order valence-electron chi connectivity index (χ3n) is 3.23. The molecule has 0 saturated carbocycles. The van der Waals surface area contributed by atoms with Crippen molar-refractivity contribution in [2.45, 2.75) is 18.6 Å². The van der Waals surface area contributed by atoms with Gasteiger partial charge in [-0.3, -0.25) is 14.5 Å². The van der Waals surface area contributed by atoms with E-state index < -0.39 is 12.1 Å². The number of hydrogen-bond acceptors (Lipinski definition) is 3. The lowest BCUT2D eigenvalue weighted by Gasteiger charge is -2.23. The van der Waals surface area contributed by atoms with Gasteiger partial charge in [0.05, 0.1) is 23.3 Å². The molecule has 2 aliphatic rings. The van der Waals surface area contributed by atoms with Gasteiger partial charge in [-0.25, -0.2) is 0 Å². The lowest BCUT2D eigenvalue weighted by Crippen LogP contribution is -2.43. The van der Waals surface area contributed by atoms with E-state index >= 15 is 0 Å². The van der Waals surface area contributed by atoms with Gasteiger partial charge in [0.25, 0.3) is 11.8 Å². The molecule has 2 atom stereocenters. The van der Waals surface area contributed by atoms with E-state index in [2.05, 4.69) is 0 Å². The topological polar surface area (TPSA) is 57.6 Å². The van der Waals surface area contributed by atoms with E-state index in [0.717, 1.165) is 4.90 Å². The zero-order valence-electron chi connectivity index (χ0n) is 9.04. The van der Waals surface area contributed by atoms with Gasteiger partial charge in [-0.05, 0) is 18.6 Å². The van der Waals surface area contributed by atoms with Crippen molar-refractivity contribution in [1.29, 1.82) is 0 Å². The zero-order valence-corrected chi connectivity index (χ0v) is 9.04. The maximum Gasteiger partial charge on any atom is 0.262 e. The van der Waals surface area contributed by atoms with Crippen molar-refractivity contribution in [2.75, 3.05) is 0 Å².